The number of nitrogens with one attached hydrogen (secondary N) is 1. The van der Waals surface area contributed by atoms with Gasteiger partial charge in [-0.2, -0.15) is 8.61 Å². The molecule has 0 radical (unpaired) electrons. The molecule has 1 amide bonds. The normalized spacial score (nSPS) is 20.2. The molecule has 1 saturated carbocycles. The molecule has 1 aliphatic heterocycles. The van der Waals surface area contributed by atoms with Crippen LogP contribution in [-0.2, 0) is 24.8 Å². The molecule has 2 aromatic rings. The minimum Gasteiger partial charge on any atom is -0.325 e. The van der Waals surface area contributed by atoms with Gasteiger partial charge in [-0.25, -0.2) is 16.8 Å². The lowest BCUT2D eigenvalue weighted by Crippen LogP contribution is -2.43. The highest BCUT2D eigenvalue weighted by atomic mass is 32.2. The molecule has 2 aromatic carbocycles. The van der Waals surface area contributed by atoms with Crippen LogP contribution >= 0.6 is 0 Å². The van der Waals surface area contributed by atoms with Crippen LogP contribution in [-0.4, -0.2) is 57.0 Å². The van der Waals surface area contributed by atoms with Gasteiger partial charge in [-0.1, -0.05) is 38.0 Å². The van der Waals surface area contributed by atoms with Gasteiger partial charge in [-0.05, 0) is 68.0 Å². The Bertz CT molecular complexity index is 1230. The van der Waals surface area contributed by atoms with E-state index in [1.165, 1.54) is 32.9 Å². The molecule has 0 unspecified atom stereocenters. The number of hydrogen-bond donors (Lipinski definition) is 1. The predicted molar refractivity (Wildman–Crippen MR) is 135 cm³/mol. The Morgan fingerprint density at radius 3 is 2.17 bits per heavy atom. The van der Waals surface area contributed by atoms with Crippen molar-refractivity contribution < 1.29 is 21.6 Å². The van der Waals surface area contributed by atoms with Gasteiger partial charge in [-0.3, -0.25) is 4.79 Å². The van der Waals surface area contributed by atoms with E-state index in [-0.39, 0.29) is 22.4 Å². The standard InChI is InChI=1S/C25H33N3O5S2/c1-20-8-7-17-27(18-20)34(30,31)23-13-15-24(16-14-23)35(32,33)28(22-11-5-6-12-22)19-25(29)26-21-9-3-2-4-10-21/h2-4,9-10,13-16,20,22H,5-8,11-12,17-19H2,1H3,(H,26,29)/t20-/m1/s1. The Balaban J connectivity index is 1.55. The van der Waals surface area contributed by atoms with Gasteiger partial charge in [0, 0.05) is 24.8 Å². The van der Waals surface area contributed by atoms with Gasteiger partial charge in [0.2, 0.25) is 26.0 Å². The van der Waals surface area contributed by atoms with Crippen molar-refractivity contribution in [1.29, 1.82) is 0 Å². The molecule has 190 valence electrons. The summed E-state index contributed by atoms with van der Waals surface area (Å²) in [5.41, 5.74) is 0.600. The zero-order valence-corrected chi connectivity index (χ0v) is 21.6. The van der Waals surface area contributed by atoms with E-state index >= 15 is 0 Å². The number of nitrogens with zero attached hydrogens (tertiary/aromatic N) is 2. The molecular weight excluding hydrogens is 486 g/mol. The van der Waals surface area contributed by atoms with E-state index in [0.717, 1.165) is 25.7 Å². The van der Waals surface area contributed by atoms with E-state index in [4.69, 9.17) is 0 Å². The Labute approximate surface area is 208 Å². The number of carbonyl (C=O) groups excluding carboxylic acids is 1. The number of amides is 1. The van der Waals surface area contributed by atoms with Crippen molar-refractivity contribution in [3.63, 3.8) is 0 Å². The van der Waals surface area contributed by atoms with Gasteiger partial charge >= 0.3 is 0 Å². The van der Waals surface area contributed by atoms with E-state index in [1.807, 2.05) is 13.0 Å². The fourth-order valence-electron chi connectivity index (χ4n) is 4.90. The van der Waals surface area contributed by atoms with Crippen molar-refractivity contribution in [2.75, 3.05) is 25.0 Å². The molecule has 1 saturated heterocycles. The van der Waals surface area contributed by atoms with E-state index < -0.39 is 26.0 Å². The van der Waals surface area contributed by atoms with Gasteiger partial charge in [0.05, 0.1) is 16.3 Å². The number of sulfonamides is 2. The van der Waals surface area contributed by atoms with Crippen LogP contribution in [0.3, 0.4) is 0 Å². The second-order valence-electron chi connectivity index (χ2n) is 9.48. The molecule has 0 bridgehead atoms. The molecule has 1 aliphatic carbocycles. The number of para-hydroxylation sites is 1. The second kappa shape index (κ2) is 10.8. The Morgan fingerprint density at radius 1 is 0.914 bits per heavy atom. The Hall–Kier alpha value is -2.27. The Morgan fingerprint density at radius 2 is 1.54 bits per heavy atom. The van der Waals surface area contributed by atoms with Crippen molar-refractivity contribution in [3.8, 4) is 0 Å². The lowest BCUT2D eigenvalue weighted by atomic mass is 10.0. The SMILES string of the molecule is C[C@@H]1CCCN(S(=O)(=O)c2ccc(S(=O)(=O)N(CC(=O)Nc3ccccc3)C3CCCC3)cc2)C1. The number of piperidine rings is 1. The molecule has 0 spiro atoms. The highest BCUT2D eigenvalue weighted by Crippen LogP contribution is 2.30. The maximum absolute atomic E-state index is 13.6. The van der Waals surface area contributed by atoms with E-state index in [0.29, 0.717) is 37.5 Å². The number of rotatable bonds is 8. The molecule has 8 nitrogen and oxygen atoms in total. The van der Waals surface area contributed by atoms with Gasteiger partial charge in [-0.15, -0.1) is 0 Å². The van der Waals surface area contributed by atoms with E-state index in [2.05, 4.69) is 5.32 Å². The first-order valence-corrected chi connectivity index (χ1v) is 15.0. The summed E-state index contributed by atoms with van der Waals surface area (Å²) in [4.78, 5) is 12.8. The molecule has 10 heteroatoms. The highest BCUT2D eigenvalue weighted by Gasteiger charge is 2.35. The smallest absolute Gasteiger partial charge is 0.243 e. The summed E-state index contributed by atoms with van der Waals surface area (Å²) in [6.07, 6.45) is 5.01. The van der Waals surface area contributed by atoms with Gasteiger partial charge in [0.15, 0.2) is 0 Å². The highest BCUT2D eigenvalue weighted by molar-refractivity contribution is 7.89. The van der Waals surface area contributed by atoms with Crippen LogP contribution in [0.4, 0.5) is 5.69 Å². The van der Waals surface area contributed by atoms with Crippen LogP contribution in [0, 0.1) is 5.92 Å². The van der Waals surface area contributed by atoms with Crippen LogP contribution in [0.2, 0.25) is 0 Å². The predicted octanol–water partition coefficient (Wildman–Crippen LogP) is 3.68. The van der Waals surface area contributed by atoms with Crippen molar-refractivity contribution in [3.05, 3.63) is 54.6 Å². The largest absolute Gasteiger partial charge is 0.325 e. The fraction of sp³-hybridized carbons (Fsp3) is 0.480. The zero-order chi connectivity index (χ0) is 25.1. The minimum atomic E-state index is -4.00. The summed E-state index contributed by atoms with van der Waals surface area (Å²) < 4.78 is 56.1. The van der Waals surface area contributed by atoms with Crippen molar-refractivity contribution in [1.82, 2.24) is 8.61 Å². The molecular formula is C25H33N3O5S2. The van der Waals surface area contributed by atoms with Crippen molar-refractivity contribution in [2.45, 2.75) is 61.3 Å². The first-order valence-electron chi connectivity index (χ1n) is 12.1. The molecule has 2 fully saturated rings. The molecule has 0 aromatic heterocycles. The summed E-state index contributed by atoms with van der Waals surface area (Å²) in [5.74, 6) is -0.120. The number of anilines is 1. The summed E-state index contributed by atoms with van der Waals surface area (Å²) in [7, 11) is -7.69. The molecule has 4 rings (SSSR count). The molecule has 1 heterocycles. The lowest BCUT2D eigenvalue weighted by Gasteiger charge is -2.30. The van der Waals surface area contributed by atoms with Crippen LogP contribution in [0.15, 0.2) is 64.4 Å². The summed E-state index contributed by atoms with van der Waals surface area (Å²) in [5, 5.41) is 2.76. The summed E-state index contributed by atoms with van der Waals surface area (Å²) in [6, 6.07) is 14.0. The average molecular weight is 520 g/mol. The van der Waals surface area contributed by atoms with E-state index in [9.17, 15) is 21.6 Å². The van der Waals surface area contributed by atoms with Crippen LogP contribution in [0.5, 0.6) is 0 Å². The molecule has 35 heavy (non-hydrogen) atoms. The topological polar surface area (TPSA) is 104 Å². The number of carbonyl (C=O) groups is 1. The number of hydrogen-bond acceptors (Lipinski definition) is 5. The van der Waals surface area contributed by atoms with Crippen LogP contribution < -0.4 is 5.32 Å². The third-order valence-corrected chi connectivity index (χ3v) is 10.6. The van der Waals surface area contributed by atoms with Gasteiger partial charge in [0.1, 0.15) is 0 Å². The fourth-order valence-corrected chi connectivity index (χ4v) is 8.14. The molecule has 2 aliphatic rings. The lowest BCUT2D eigenvalue weighted by molar-refractivity contribution is -0.116. The maximum Gasteiger partial charge on any atom is 0.243 e. The number of benzene rings is 2. The average Bonchev–Trinajstić information content (AvgIpc) is 3.38. The maximum atomic E-state index is 13.6. The second-order valence-corrected chi connectivity index (χ2v) is 13.3. The quantitative estimate of drug-likeness (QED) is 0.573. The first kappa shape index (κ1) is 25.8. The third kappa shape index (κ3) is 5.94. The van der Waals surface area contributed by atoms with Gasteiger partial charge in [0.25, 0.3) is 0 Å². The minimum absolute atomic E-state index is 0.0112. The summed E-state index contributed by atoms with van der Waals surface area (Å²) in [6.45, 7) is 2.67. The van der Waals surface area contributed by atoms with Crippen molar-refractivity contribution in [2.24, 2.45) is 5.92 Å². The summed E-state index contributed by atoms with van der Waals surface area (Å²) >= 11 is 0. The van der Waals surface area contributed by atoms with E-state index in [1.54, 1.807) is 24.3 Å². The van der Waals surface area contributed by atoms with Gasteiger partial charge < -0.3 is 5.32 Å². The van der Waals surface area contributed by atoms with Crippen LogP contribution in [0.1, 0.15) is 45.4 Å². The third-order valence-electron chi connectivity index (χ3n) is 6.78. The molecule has 1 N–H and O–H groups in total. The Kier molecular flexibility index (Phi) is 7.95. The monoisotopic (exact) mass is 519 g/mol. The van der Waals surface area contributed by atoms with Crippen LogP contribution in [0.25, 0.3) is 0 Å². The first-order chi connectivity index (χ1) is 16.7. The zero-order valence-electron chi connectivity index (χ0n) is 20.0. The van der Waals surface area contributed by atoms with Crippen molar-refractivity contribution >= 4 is 31.6 Å². The molecule has 1 atom stereocenters.